The summed E-state index contributed by atoms with van der Waals surface area (Å²) in [5, 5.41) is 7.42. The van der Waals surface area contributed by atoms with Crippen molar-refractivity contribution in [3.63, 3.8) is 0 Å². The smallest absolute Gasteiger partial charge is 0.146 e. The van der Waals surface area contributed by atoms with Crippen molar-refractivity contribution in [2.75, 3.05) is 13.1 Å². The standard InChI is InChI=1S/C11H12N4O/c16-10-3-4-12-7-9(10)11-13-5-1-8-2-6-14-15(8)11/h1-2,5-6,9,12H,3-4,7H2. The second-order valence-corrected chi connectivity index (χ2v) is 3.94. The number of ketones is 1. The molecule has 5 nitrogen and oxygen atoms in total. The second kappa shape index (κ2) is 3.68. The van der Waals surface area contributed by atoms with Gasteiger partial charge in [-0.25, -0.2) is 9.50 Å². The van der Waals surface area contributed by atoms with Crippen molar-refractivity contribution in [2.24, 2.45) is 0 Å². The van der Waals surface area contributed by atoms with Crippen LogP contribution in [0.2, 0.25) is 0 Å². The zero-order chi connectivity index (χ0) is 11.0. The molecule has 1 saturated heterocycles. The average Bonchev–Trinajstić information content (AvgIpc) is 2.77. The first-order valence-electron chi connectivity index (χ1n) is 5.38. The van der Waals surface area contributed by atoms with E-state index >= 15 is 0 Å². The molecule has 1 atom stereocenters. The van der Waals surface area contributed by atoms with Crippen LogP contribution >= 0.6 is 0 Å². The summed E-state index contributed by atoms with van der Waals surface area (Å²) in [7, 11) is 0. The molecular weight excluding hydrogens is 204 g/mol. The number of nitrogens with one attached hydrogen (secondary N) is 1. The minimum absolute atomic E-state index is 0.169. The van der Waals surface area contributed by atoms with E-state index in [4.69, 9.17) is 0 Å². The zero-order valence-electron chi connectivity index (χ0n) is 8.76. The lowest BCUT2D eigenvalue weighted by Crippen LogP contribution is -2.36. The van der Waals surface area contributed by atoms with Crippen molar-refractivity contribution in [2.45, 2.75) is 12.3 Å². The number of aromatic nitrogens is 3. The van der Waals surface area contributed by atoms with Gasteiger partial charge in [0.1, 0.15) is 11.6 Å². The van der Waals surface area contributed by atoms with Crippen LogP contribution in [0.25, 0.3) is 5.52 Å². The molecule has 2 aromatic rings. The Balaban J connectivity index is 2.10. The highest BCUT2D eigenvalue weighted by Gasteiger charge is 2.26. The lowest BCUT2D eigenvalue weighted by molar-refractivity contribution is -0.121. The minimum Gasteiger partial charge on any atom is -0.315 e. The van der Waals surface area contributed by atoms with E-state index in [0.29, 0.717) is 13.0 Å². The first-order valence-corrected chi connectivity index (χ1v) is 5.38. The highest BCUT2D eigenvalue weighted by Crippen LogP contribution is 2.18. The molecule has 0 aliphatic carbocycles. The van der Waals surface area contributed by atoms with Gasteiger partial charge in [0.05, 0.1) is 17.6 Å². The summed E-state index contributed by atoms with van der Waals surface area (Å²) < 4.78 is 1.75. The van der Waals surface area contributed by atoms with Gasteiger partial charge in [0.15, 0.2) is 0 Å². The quantitative estimate of drug-likeness (QED) is 0.748. The van der Waals surface area contributed by atoms with Crippen LogP contribution in [-0.4, -0.2) is 33.5 Å². The Kier molecular flexibility index (Phi) is 2.18. The van der Waals surface area contributed by atoms with Gasteiger partial charge in [0.25, 0.3) is 0 Å². The van der Waals surface area contributed by atoms with Crippen LogP contribution in [0, 0.1) is 0 Å². The summed E-state index contributed by atoms with van der Waals surface area (Å²) in [5.74, 6) is 0.811. The predicted octanol–water partition coefficient (Wildman–Crippen LogP) is 0.375. The minimum atomic E-state index is -0.169. The van der Waals surface area contributed by atoms with Gasteiger partial charge in [-0.05, 0) is 12.1 Å². The van der Waals surface area contributed by atoms with Gasteiger partial charge in [-0.15, -0.1) is 0 Å². The number of rotatable bonds is 1. The summed E-state index contributed by atoms with van der Waals surface area (Å²) in [6, 6.07) is 3.79. The maximum absolute atomic E-state index is 11.8. The molecule has 0 radical (unpaired) electrons. The molecule has 0 bridgehead atoms. The highest BCUT2D eigenvalue weighted by molar-refractivity contribution is 5.86. The summed E-state index contributed by atoms with van der Waals surface area (Å²) in [6.45, 7) is 1.43. The van der Waals surface area contributed by atoms with Gasteiger partial charge >= 0.3 is 0 Å². The van der Waals surface area contributed by atoms with Gasteiger partial charge < -0.3 is 5.32 Å². The highest BCUT2D eigenvalue weighted by atomic mass is 16.1. The van der Waals surface area contributed by atoms with E-state index in [1.54, 1.807) is 16.9 Å². The number of piperidine rings is 1. The van der Waals surface area contributed by atoms with E-state index in [1.807, 2.05) is 12.1 Å². The molecule has 0 amide bonds. The molecule has 1 N–H and O–H groups in total. The molecular formula is C11H12N4O. The number of hydrogen-bond donors (Lipinski definition) is 1. The molecule has 3 rings (SSSR count). The fourth-order valence-electron chi connectivity index (χ4n) is 2.09. The molecule has 0 aromatic carbocycles. The van der Waals surface area contributed by atoms with Crippen molar-refractivity contribution in [1.29, 1.82) is 0 Å². The van der Waals surface area contributed by atoms with Crippen molar-refractivity contribution >= 4 is 11.3 Å². The second-order valence-electron chi connectivity index (χ2n) is 3.94. The Morgan fingerprint density at radius 1 is 1.38 bits per heavy atom. The van der Waals surface area contributed by atoms with Crippen molar-refractivity contribution in [1.82, 2.24) is 19.9 Å². The fourth-order valence-corrected chi connectivity index (χ4v) is 2.09. The Bertz CT molecular complexity index is 534. The van der Waals surface area contributed by atoms with E-state index < -0.39 is 0 Å². The Labute approximate surface area is 92.5 Å². The molecule has 2 aromatic heterocycles. The summed E-state index contributed by atoms with van der Waals surface area (Å²) >= 11 is 0. The maximum atomic E-state index is 11.8. The van der Waals surface area contributed by atoms with Gasteiger partial charge in [-0.1, -0.05) is 0 Å². The number of Topliss-reactive ketones (excluding diaryl/α,β-unsaturated/α-hetero) is 1. The Morgan fingerprint density at radius 2 is 2.25 bits per heavy atom. The number of nitrogens with zero attached hydrogens (tertiary/aromatic N) is 3. The fraction of sp³-hybridized carbons (Fsp3) is 0.364. The van der Waals surface area contributed by atoms with Gasteiger partial charge in [-0.2, -0.15) is 5.10 Å². The third kappa shape index (κ3) is 1.40. The third-order valence-corrected chi connectivity index (χ3v) is 2.94. The molecule has 3 heterocycles. The molecule has 5 heteroatoms. The third-order valence-electron chi connectivity index (χ3n) is 2.94. The van der Waals surface area contributed by atoms with Crippen LogP contribution in [0.4, 0.5) is 0 Å². The molecule has 16 heavy (non-hydrogen) atoms. The number of carbonyl (C=O) groups excluding carboxylic acids is 1. The van der Waals surface area contributed by atoms with Gasteiger partial charge in [0.2, 0.25) is 0 Å². The molecule has 1 aliphatic heterocycles. The molecule has 0 saturated carbocycles. The number of fused-ring (bicyclic) bond motifs is 1. The normalized spacial score (nSPS) is 21.5. The molecule has 82 valence electrons. The molecule has 1 fully saturated rings. The predicted molar refractivity (Wildman–Crippen MR) is 58.2 cm³/mol. The van der Waals surface area contributed by atoms with Crippen LogP contribution in [0.5, 0.6) is 0 Å². The van der Waals surface area contributed by atoms with Crippen LogP contribution in [-0.2, 0) is 4.79 Å². The maximum Gasteiger partial charge on any atom is 0.146 e. The van der Waals surface area contributed by atoms with E-state index in [0.717, 1.165) is 17.9 Å². The monoisotopic (exact) mass is 216 g/mol. The SMILES string of the molecule is O=C1CCNCC1c1nccc2ccnn12. The summed E-state index contributed by atoms with van der Waals surface area (Å²) in [4.78, 5) is 16.1. The van der Waals surface area contributed by atoms with Gasteiger partial charge in [0, 0.05) is 25.7 Å². The topological polar surface area (TPSA) is 59.3 Å². The number of hydrogen-bond acceptors (Lipinski definition) is 4. The van der Waals surface area contributed by atoms with Crippen LogP contribution in [0.1, 0.15) is 18.2 Å². The molecule has 1 aliphatic rings. The van der Waals surface area contributed by atoms with Crippen LogP contribution in [0.3, 0.4) is 0 Å². The summed E-state index contributed by atoms with van der Waals surface area (Å²) in [5.41, 5.74) is 0.975. The molecule has 0 spiro atoms. The number of carbonyl (C=O) groups is 1. The zero-order valence-corrected chi connectivity index (χ0v) is 8.76. The van der Waals surface area contributed by atoms with E-state index in [1.165, 1.54) is 0 Å². The Hall–Kier alpha value is -1.75. The van der Waals surface area contributed by atoms with Crippen LogP contribution < -0.4 is 5.32 Å². The first kappa shape index (κ1) is 9.47. The lowest BCUT2D eigenvalue weighted by Gasteiger charge is -2.21. The first-order chi connectivity index (χ1) is 7.86. The van der Waals surface area contributed by atoms with Gasteiger partial charge in [-0.3, -0.25) is 4.79 Å². The van der Waals surface area contributed by atoms with E-state index in [-0.39, 0.29) is 11.7 Å². The van der Waals surface area contributed by atoms with E-state index in [2.05, 4.69) is 15.4 Å². The average molecular weight is 216 g/mol. The Morgan fingerprint density at radius 3 is 3.12 bits per heavy atom. The van der Waals surface area contributed by atoms with Crippen LogP contribution in [0.15, 0.2) is 24.5 Å². The lowest BCUT2D eigenvalue weighted by atomic mass is 9.97. The van der Waals surface area contributed by atoms with Crippen molar-refractivity contribution < 1.29 is 4.79 Å². The molecule has 1 unspecified atom stereocenters. The van der Waals surface area contributed by atoms with E-state index in [9.17, 15) is 4.79 Å². The summed E-state index contributed by atoms with van der Waals surface area (Å²) in [6.07, 6.45) is 4.03. The van der Waals surface area contributed by atoms with Crippen molar-refractivity contribution in [3.05, 3.63) is 30.4 Å². The largest absolute Gasteiger partial charge is 0.315 e. The van der Waals surface area contributed by atoms with Crippen molar-refractivity contribution in [3.8, 4) is 0 Å².